The Kier molecular flexibility index (Phi) is 5.44. The number of carbonyl (C=O) groups excluding carboxylic acids is 2. The molecular weight excluding hydrogens is 208 g/mol. The van der Waals surface area contributed by atoms with Gasteiger partial charge in [-0.25, -0.2) is 0 Å². The Hall–Kier alpha value is -1.10. The average molecular weight is 230 g/mol. The second kappa shape index (κ2) is 5.84. The summed E-state index contributed by atoms with van der Waals surface area (Å²) in [4.78, 5) is 26.2. The summed E-state index contributed by atoms with van der Waals surface area (Å²) >= 11 is 0. The van der Waals surface area contributed by atoms with Crippen LogP contribution in [0.3, 0.4) is 0 Å². The molecule has 0 aliphatic rings. The van der Waals surface area contributed by atoms with Gasteiger partial charge in [-0.15, -0.1) is 0 Å². The van der Waals surface area contributed by atoms with E-state index in [1.807, 2.05) is 11.9 Å². The molecule has 0 atom stereocenters. The van der Waals surface area contributed by atoms with Crippen LogP contribution in [0.4, 0.5) is 0 Å². The molecule has 0 bridgehead atoms. The summed E-state index contributed by atoms with van der Waals surface area (Å²) in [6.07, 6.45) is 0. The lowest BCUT2D eigenvalue weighted by Crippen LogP contribution is -2.42. The Bertz CT molecular complexity index is 262. The Morgan fingerprint density at radius 2 is 1.69 bits per heavy atom. The molecule has 16 heavy (non-hydrogen) atoms. The molecule has 0 aromatic carbocycles. The van der Waals surface area contributed by atoms with Crippen molar-refractivity contribution in [3.63, 3.8) is 0 Å². The molecule has 5 heteroatoms. The molecule has 0 heterocycles. The standard InChI is InChI=1S/C11H22N2O3/c1-11(2,10(15)16-6)8-13(5)7-9(14)12(3)4/h7-8H2,1-6H3. The van der Waals surface area contributed by atoms with Crippen LogP contribution in [0, 0.1) is 5.41 Å². The number of likely N-dealkylation sites (N-methyl/N-ethyl adjacent to an activating group) is 2. The minimum absolute atomic E-state index is 0.0168. The van der Waals surface area contributed by atoms with E-state index in [1.165, 1.54) is 12.0 Å². The van der Waals surface area contributed by atoms with Crippen LogP contribution in [0.25, 0.3) is 0 Å². The van der Waals surface area contributed by atoms with Crippen LogP contribution in [0.1, 0.15) is 13.8 Å². The zero-order valence-corrected chi connectivity index (χ0v) is 11.0. The van der Waals surface area contributed by atoms with Gasteiger partial charge in [0.2, 0.25) is 5.91 Å². The molecule has 0 aromatic rings. The average Bonchev–Trinajstić information content (AvgIpc) is 2.14. The first-order chi connectivity index (χ1) is 7.20. The van der Waals surface area contributed by atoms with Crippen LogP contribution in [0.15, 0.2) is 0 Å². The normalized spacial score (nSPS) is 11.4. The van der Waals surface area contributed by atoms with Gasteiger partial charge in [0.05, 0.1) is 19.1 Å². The highest BCUT2D eigenvalue weighted by molar-refractivity contribution is 5.78. The molecular formula is C11H22N2O3. The van der Waals surface area contributed by atoms with Gasteiger partial charge < -0.3 is 9.64 Å². The molecule has 0 radical (unpaired) electrons. The number of methoxy groups -OCH3 is 1. The van der Waals surface area contributed by atoms with Crippen LogP contribution in [-0.4, -0.2) is 63.0 Å². The van der Waals surface area contributed by atoms with Gasteiger partial charge in [0.25, 0.3) is 0 Å². The highest BCUT2D eigenvalue weighted by Gasteiger charge is 2.30. The van der Waals surface area contributed by atoms with Crippen LogP contribution in [0.5, 0.6) is 0 Å². The predicted molar refractivity (Wildman–Crippen MR) is 62.0 cm³/mol. The largest absolute Gasteiger partial charge is 0.469 e. The van der Waals surface area contributed by atoms with Crippen molar-refractivity contribution in [1.82, 2.24) is 9.80 Å². The summed E-state index contributed by atoms with van der Waals surface area (Å²) in [5.74, 6) is -0.250. The third-order valence-electron chi connectivity index (χ3n) is 2.31. The third kappa shape index (κ3) is 4.61. The summed E-state index contributed by atoms with van der Waals surface area (Å²) in [6.45, 7) is 4.39. The molecule has 0 saturated heterocycles. The third-order valence-corrected chi connectivity index (χ3v) is 2.31. The second-order valence-electron chi connectivity index (χ2n) is 4.84. The first-order valence-corrected chi connectivity index (χ1v) is 5.18. The SMILES string of the molecule is COC(=O)C(C)(C)CN(C)CC(=O)N(C)C. The predicted octanol–water partition coefficient (Wildman–Crippen LogP) is 0.206. The number of hydrogen-bond donors (Lipinski definition) is 0. The van der Waals surface area contributed by atoms with Crippen molar-refractivity contribution in [1.29, 1.82) is 0 Å². The van der Waals surface area contributed by atoms with Gasteiger partial charge >= 0.3 is 5.97 Å². The fourth-order valence-corrected chi connectivity index (χ4v) is 1.44. The Morgan fingerprint density at radius 3 is 2.06 bits per heavy atom. The molecule has 0 N–H and O–H groups in total. The van der Waals surface area contributed by atoms with Crippen molar-refractivity contribution in [2.45, 2.75) is 13.8 Å². The molecule has 1 amide bonds. The van der Waals surface area contributed by atoms with Gasteiger partial charge in [0.15, 0.2) is 0 Å². The number of amides is 1. The number of carbonyl (C=O) groups is 2. The number of esters is 1. The lowest BCUT2D eigenvalue weighted by Gasteiger charge is -2.28. The molecule has 5 nitrogen and oxygen atoms in total. The molecule has 0 aliphatic carbocycles. The molecule has 0 aromatic heterocycles. The van der Waals surface area contributed by atoms with Crippen LogP contribution >= 0.6 is 0 Å². The van der Waals surface area contributed by atoms with Gasteiger partial charge in [-0.2, -0.15) is 0 Å². The van der Waals surface area contributed by atoms with Gasteiger partial charge in [-0.3, -0.25) is 14.5 Å². The van der Waals surface area contributed by atoms with Crippen molar-refractivity contribution < 1.29 is 14.3 Å². The smallest absolute Gasteiger partial charge is 0.312 e. The van der Waals surface area contributed by atoms with E-state index in [-0.39, 0.29) is 11.9 Å². The quantitative estimate of drug-likeness (QED) is 0.633. The maximum absolute atomic E-state index is 11.4. The van der Waals surface area contributed by atoms with E-state index in [0.29, 0.717) is 13.1 Å². The van der Waals surface area contributed by atoms with E-state index in [2.05, 4.69) is 0 Å². The van der Waals surface area contributed by atoms with Crippen LogP contribution in [-0.2, 0) is 14.3 Å². The fraction of sp³-hybridized carbons (Fsp3) is 0.818. The van der Waals surface area contributed by atoms with Gasteiger partial charge in [-0.1, -0.05) is 0 Å². The molecule has 0 fully saturated rings. The van der Waals surface area contributed by atoms with E-state index >= 15 is 0 Å². The second-order valence-corrected chi connectivity index (χ2v) is 4.84. The Morgan fingerprint density at radius 1 is 1.19 bits per heavy atom. The number of nitrogens with zero attached hydrogens (tertiary/aromatic N) is 2. The Balaban J connectivity index is 4.29. The lowest BCUT2D eigenvalue weighted by molar-refractivity contribution is -0.152. The van der Waals surface area contributed by atoms with E-state index in [9.17, 15) is 9.59 Å². The fourth-order valence-electron chi connectivity index (χ4n) is 1.44. The summed E-state index contributed by atoms with van der Waals surface area (Å²) < 4.78 is 4.71. The van der Waals surface area contributed by atoms with E-state index in [4.69, 9.17) is 4.74 Å². The van der Waals surface area contributed by atoms with Crippen molar-refractivity contribution in [3.8, 4) is 0 Å². The summed E-state index contributed by atoms with van der Waals surface area (Å²) in [5.41, 5.74) is -0.601. The molecule has 0 saturated carbocycles. The minimum Gasteiger partial charge on any atom is -0.469 e. The van der Waals surface area contributed by atoms with Crippen molar-refractivity contribution in [2.75, 3.05) is 41.3 Å². The van der Waals surface area contributed by atoms with Gasteiger partial charge in [0.1, 0.15) is 0 Å². The highest BCUT2D eigenvalue weighted by atomic mass is 16.5. The molecule has 0 aliphatic heterocycles. The first-order valence-electron chi connectivity index (χ1n) is 5.18. The molecule has 94 valence electrons. The molecule has 0 spiro atoms. The number of hydrogen-bond acceptors (Lipinski definition) is 4. The van der Waals surface area contributed by atoms with E-state index < -0.39 is 5.41 Å². The molecule has 0 rings (SSSR count). The number of rotatable bonds is 5. The monoisotopic (exact) mass is 230 g/mol. The summed E-state index contributed by atoms with van der Waals surface area (Å²) in [7, 11) is 6.60. The lowest BCUT2D eigenvalue weighted by atomic mass is 9.93. The maximum atomic E-state index is 11.4. The van der Waals surface area contributed by atoms with Crippen molar-refractivity contribution in [3.05, 3.63) is 0 Å². The van der Waals surface area contributed by atoms with Crippen molar-refractivity contribution in [2.24, 2.45) is 5.41 Å². The van der Waals surface area contributed by atoms with E-state index in [1.54, 1.807) is 27.9 Å². The minimum atomic E-state index is -0.601. The van der Waals surface area contributed by atoms with Crippen LogP contribution < -0.4 is 0 Å². The summed E-state index contributed by atoms with van der Waals surface area (Å²) in [6, 6.07) is 0. The topological polar surface area (TPSA) is 49.9 Å². The van der Waals surface area contributed by atoms with Gasteiger partial charge in [0, 0.05) is 20.6 Å². The highest BCUT2D eigenvalue weighted by Crippen LogP contribution is 2.18. The Labute approximate surface area is 97.3 Å². The van der Waals surface area contributed by atoms with Gasteiger partial charge in [-0.05, 0) is 20.9 Å². The van der Waals surface area contributed by atoms with Crippen LogP contribution in [0.2, 0.25) is 0 Å². The maximum Gasteiger partial charge on any atom is 0.312 e. The number of ether oxygens (including phenoxy) is 1. The zero-order valence-electron chi connectivity index (χ0n) is 11.0. The van der Waals surface area contributed by atoms with E-state index in [0.717, 1.165) is 0 Å². The van der Waals surface area contributed by atoms with Crippen molar-refractivity contribution >= 4 is 11.9 Å². The summed E-state index contributed by atoms with van der Waals surface area (Å²) in [5, 5.41) is 0. The zero-order chi connectivity index (χ0) is 12.9. The molecule has 0 unspecified atom stereocenters. The first kappa shape index (κ1) is 14.9.